The van der Waals surface area contributed by atoms with Crippen molar-refractivity contribution in [2.45, 2.75) is 17.9 Å². The fourth-order valence-corrected chi connectivity index (χ4v) is 4.60. The lowest BCUT2D eigenvalue weighted by atomic mass is 10.2. The molecule has 0 N–H and O–H groups in total. The van der Waals surface area contributed by atoms with Crippen molar-refractivity contribution in [3.05, 3.63) is 60.4 Å². The van der Waals surface area contributed by atoms with Gasteiger partial charge in [-0.3, -0.25) is 14.7 Å². The number of amides is 1. The summed E-state index contributed by atoms with van der Waals surface area (Å²) in [4.78, 5) is 21.3. The zero-order valence-electron chi connectivity index (χ0n) is 17.9. The number of nitrogens with zero attached hydrogens (tertiary/aromatic N) is 4. The average Bonchev–Trinajstić information content (AvgIpc) is 2.80. The van der Waals surface area contributed by atoms with Crippen molar-refractivity contribution in [1.29, 1.82) is 0 Å². The molecule has 2 aromatic rings. The second-order valence-corrected chi connectivity index (χ2v) is 9.60. The number of hydrogen-bond donors (Lipinski definition) is 0. The number of benzene rings is 1. The van der Waals surface area contributed by atoms with Gasteiger partial charge in [0.1, 0.15) is 0 Å². The molecule has 1 saturated heterocycles. The van der Waals surface area contributed by atoms with E-state index in [-0.39, 0.29) is 17.3 Å². The summed E-state index contributed by atoms with van der Waals surface area (Å²) in [5, 5.41) is 0. The van der Waals surface area contributed by atoms with Gasteiger partial charge in [0, 0.05) is 52.2 Å². The number of morpholine rings is 1. The van der Waals surface area contributed by atoms with E-state index in [9.17, 15) is 13.2 Å². The van der Waals surface area contributed by atoms with Gasteiger partial charge in [-0.25, -0.2) is 8.42 Å². The molecule has 2 heterocycles. The van der Waals surface area contributed by atoms with Gasteiger partial charge in [0.15, 0.2) is 0 Å². The van der Waals surface area contributed by atoms with Gasteiger partial charge in [0.25, 0.3) is 0 Å². The highest BCUT2D eigenvalue weighted by atomic mass is 32.2. The lowest BCUT2D eigenvalue weighted by Gasteiger charge is -2.29. The Morgan fingerprint density at radius 3 is 2.45 bits per heavy atom. The van der Waals surface area contributed by atoms with Crippen molar-refractivity contribution in [2.75, 3.05) is 53.0 Å². The molecule has 1 aromatic heterocycles. The third-order valence-corrected chi connectivity index (χ3v) is 7.11. The molecule has 1 amide bonds. The third kappa shape index (κ3) is 6.83. The molecule has 0 unspecified atom stereocenters. The highest BCUT2D eigenvalue weighted by Gasteiger charge is 2.25. The molecular weight excluding hydrogens is 416 g/mol. The van der Waals surface area contributed by atoms with Crippen molar-refractivity contribution in [3.63, 3.8) is 0 Å². The Kier molecular flexibility index (Phi) is 8.53. The highest BCUT2D eigenvalue weighted by Crippen LogP contribution is 2.14. The number of rotatable bonds is 10. The van der Waals surface area contributed by atoms with E-state index in [1.54, 1.807) is 35.5 Å². The summed E-state index contributed by atoms with van der Waals surface area (Å²) in [6.45, 7) is 4.92. The van der Waals surface area contributed by atoms with Gasteiger partial charge in [0.05, 0.1) is 24.7 Å². The van der Waals surface area contributed by atoms with Crippen molar-refractivity contribution in [2.24, 2.45) is 0 Å². The summed E-state index contributed by atoms with van der Waals surface area (Å²) in [5.74, 6) is -0.221. The van der Waals surface area contributed by atoms with Gasteiger partial charge >= 0.3 is 0 Å². The summed E-state index contributed by atoms with van der Waals surface area (Å²) >= 11 is 0. The number of hydrogen-bond acceptors (Lipinski definition) is 6. The molecular formula is C22H30N4O4S. The van der Waals surface area contributed by atoms with Gasteiger partial charge in [-0.2, -0.15) is 4.31 Å². The highest BCUT2D eigenvalue weighted by molar-refractivity contribution is 7.89. The monoisotopic (exact) mass is 446 g/mol. The first-order valence-corrected chi connectivity index (χ1v) is 11.9. The third-order valence-electron chi connectivity index (χ3n) is 5.29. The first-order chi connectivity index (χ1) is 15.0. The molecule has 31 heavy (non-hydrogen) atoms. The van der Waals surface area contributed by atoms with Crippen LogP contribution in [0.3, 0.4) is 0 Å². The van der Waals surface area contributed by atoms with Crippen molar-refractivity contribution < 1.29 is 17.9 Å². The van der Waals surface area contributed by atoms with Crippen LogP contribution >= 0.6 is 0 Å². The zero-order valence-corrected chi connectivity index (χ0v) is 18.7. The molecule has 8 nitrogen and oxygen atoms in total. The van der Waals surface area contributed by atoms with E-state index >= 15 is 0 Å². The lowest BCUT2D eigenvalue weighted by Crippen LogP contribution is -2.42. The van der Waals surface area contributed by atoms with Crippen LogP contribution in [0.1, 0.15) is 12.0 Å². The Bertz CT molecular complexity index is 919. The van der Waals surface area contributed by atoms with Crippen molar-refractivity contribution in [1.82, 2.24) is 19.1 Å². The van der Waals surface area contributed by atoms with E-state index in [1.807, 2.05) is 12.1 Å². The van der Waals surface area contributed by atoms with E-state index in [2.05, 4.69) is 9.88 Å². The molecule has 0 spiro atoms. The molecule has 168 valence electrons. The number of ether oxygens (including phenoxy) is 1. The first kappa shape index (κ1) is 23.3. The Morgan fingerprint density at radius 1 is 1.10 bits per heavy atom. The van der Waals surface area contributed by atoms with E-state index < -0.39 is 10.0 Å². The zero-order chi connectivity index (χ0) is 22.1. The normalized spacial score (nSPS) is 15.2. The standard InChI is InChI=1S/C22H30N4O4S/c1-24(31(28,29)21-6-3-2-4-7-21)19-22(27)26(18-20-8-10-23-11-9-20)13-5-12-25-14-16-30-17-15-25/h2-4,6-11H,5,12-19H2,1H3. The van der Waals surface area contributed by atoms with Crippen LogP contribution in [0.5, 0.6) is 0 Å². The predicted octanol–water partition coefficient (Wildman–Crippen LogP) is 1.45. The number of sulfonamides is 1. The predicted molar refractivity (Wildman–Crippen MR) is 118 cm³/mol. The molecule has 1 aromatic carbocycles. The minimum atomic E-state index is -3.72. The fraction of sp³-hybridized carbons (Fsp3) is 0.455. The average molecular weight is 447 g/mol. The minimum Gasteiger partial charge on any atom is -0.379 e. The van der Waals surface area contributed by atoms with E-state index in [4.69, 9.17) is 4.74 Å². The van der Waals surface area contributed by atoms with E-state index in [0.717, 1.165) is 49.1 Å². The van der Waals surface area contributed by atoms with Crippen LogP contribution in [0.25, 0.3) is 0 Å². The quantitative estimate of drug-likeness (QED) is 0.549. The van der Waals surface area contributed by atoms with Gasteiger partial charge in [-0.1, -0.05) is 18.2 Å². The number of carbonyl (C=O) groups is 1. The molecule has 1 aliphatic rings. The van der Waals surface area contributed by atoms with Crippen LogP contribution in [-0.4, -0.2) is 86.4 Å². The maximum atomic E-state index is 13.1. The van der Waals surface area contributed by atoms with Crippen molar-refractivity contribution in [3.8, 4) is 0 Å². The Hall–Kier alpha value is -2.33. The number of likely N-dealkylation sites (N-methyl/N-ethyl adjacent to an activating group) is 1. The molecule has 3 rings (SSSR count). The lowest BCUT2D eigenvalue weighted by molar-refractivity contribution is -0.132. The topological polar surface area (TPSA) is 83.1 Å². The maximum absolute atomic E-state index is 13.1. The second kappa shape index (κ2) is 11.3. The Labute approximate surface area is 184 Å². The molecule has 9 heteroatoms. The van der Waals surface area contributed by atoms with Crippen LogP contribution in [-0.2, 0) is 26.1 Å². The minimum absolute atomic E-state index is 0.179. The summed E-state index contributed by atoms with van der Waals surface area (Å²) < 4.78 is 32.1. The Balaban J connectivity index is 1.64. The molecule has 0 atom stereocenters. The first-order valence-electron chi connectivity index (χ1n) is 10.4. The van der Waals surface area contributed by atoms with Crippen LogP contribution in [0.15, 0.2) is 59.8 Å². The fourth-order valence-electron chi connectivity index (χ4n) is 3.46. The van der Waals surface area contributed by atoms with Gasteiger partial charge in [-0.15, -0.1) is 0 Å². The second-order valence-electron chi connectivity index (χ2n) is 7.55. The van der Waals surface area contributed by atoms with E-state index in [1.165, 1.54) is 19.2 Å². The molecule has 0 aliphatic carbocycles. The van der Waals surface area contributed by atoms with Crippen molar-refractivity contribution >= 4 is 15.9 Å². The molecule has 0 saturated carbocycles. The van der Waals surface area contributed by atoms with Gasteiger partial charge in [0.2, 0.25) is 15.9 Å². The number of pyridine rings is 1. The van der Waals surface area contributed by atoms with Gasteiger partial charge in [-0.05, 0) is 36.2 Å². The molecule has 0 radical (unpaired) electrons. The van der Waals surface area contributed by atoms with Gasteiger partial charge < -0.3 is 9.64 Å². The van der Waals surface area contributed by atoms with Crippen LogP contribution in [0.2, 0.25) is 0 Å². The summed E-state index contributed by atoms with van der Waals surface area (Å²) in [7, 11) is -2.28. The van der Waals surface area contributed by atoms with E-state index in [0.29, 0.717) is 13.1 Å². The molecule has 1 aliphatic heterocycles. The maximum Gasteiger partial charge on any atom is 0.243 e. The number of aromatic nitrogens is 1. The number of carbonyl (C=O) groups excluding carboxylic acids is 1. The molecule has 1 fully saturated rings. The summed E-state index contributed by atoms with van der Waals surface area (Å²) in [6.07, 6.45) is 4.20. The molecule has 0 bridgehead atoms. The van der Waals surface area contributed by atoms with Crippen LogP contribution in [0.4, 0.5) is 0 Å². The SMILES string of the molecule is CN(CC(=O)N(CCCN1CCOCC1)Cc1ccncc1)S(=O)(=O)c1ccccc1. The summed E-state index contributed by atoms with van der Waals surface area (Å²) in [6, 6.07) is 11.9. The van der Waals surface area contributed by atoms with Crippen LogP contribution < -0.4 is 0 Å². The smallest absolute Gasteiger partial charge is 0.243 e. The Morgan fingerprint density at radius 2 is 1.77 bits per heavy atom. The van der Waals surface area contributed by atoms with Crippen LogP contribution in [0, 0.1) is 0 Å². The largest absolute Gasteiger partial charge is 0.379 e. The summed E-state index contributed by atoms with van der Waals surface area (Å²) in [5.41, 5.74) is 0.961.